The second-order valence-electron chi connectivity index (χ2n) is 4.34. The molecule has 98 valence electrons. The van der Waals surface area contributed by atoms with Gasteiger partial charge in [-0.25, -0.2) is 0 Å². The quantitative estimate of drug-likeness (QED) is 0.801. The molecule has 0 aliphatic heterocycles. The summed E-state index contributed by atoms with van der Waals surface area (Å²) >= 11 is 0. The maximum absolute atomic E-state index is 10.8. The molecule has 0 aliphatic carbocycles. The first-order chi connectivity index (χ1) is 9.10. The SMILES string of the molecule is Cc1ccc2cc([C@H](CC(=O)O)NC=O)ccc2n1. The van der Waals surface area contributed by atoms with E-state index in [4.69, 9.17) is 5.11 Å². The van der Waals surface area contributed by atoms with Crippen LogP contribution in [-0.4, -0.2) is 22.5 Å². The first-order valence-electron chi connectivity index (χ1n) is 5.89. The molecule has 1 heterocycles. The molecule has 0 spiro atoms. The molecule has 2 rings (SSSR count). The molecule has 5 nitrogen and oxygen atoms in total. The predicted molar refractivity (Wildman–Crippen MR) is 70.7 cm³/mol. The molecule has 1 aromatic heterocycles. The van der Waals surface area contributed by atoms with Gasteiger partial charge in [-0.2, -0.15) is 0 Å². The number of hydrogen-bond donors (Lipinski definition) is 2. The Morgan fingerprint density at radius 1 is 1.42 bits per heavy atom. The number of aryl methyl sites for hydroxylation is 1. The van der Waals surface area contributed by atoms with Crippen LogP contribution in [0.2, 0.25) is 0 Å². The van der Waals surface area contributed by atoms with Crippen LogP contribution in [0.3, 0.4) is 0 Å². The Hall–Kier alpha value is -2.43. The van der Waals surface area contributed by atoms with E-state index in [9.17, 15) is 9.59 Å². The normalized spacial score (nSPS) is 12.1. The second kappa shape index (κ2) is 5.48. The number of fused-ring (bicyclic) bond motifs is 1. The Labute approximate surface area is 110 Å². The smallest absolute Gasteiger partial charge is 0.305 e. The van der Waals surface area contributed by atoms with E-state index in [1.54, 1.807) is 6.07 Å². The number of carbonyl (C=O) groups excluding carboxylic acids is 1. The minimum atomic E-state index is -0.957. The largest absolute Gasteiger partial charge is 0.481 e. The molecule has 5 heteroatoms. The van der Waals surface area contributed by atoms with Crippen molar-refractivity contribution in [2.45, 2.75) is 19.4 Å². The summed E-state index contributed by atoms with van der Waals surface area (Å²) in [5.74, 6) is -0.957. The maximum Gasteiger partial charge on any atom is 0.305 e. The van der Waals surface area contributed by atoms with Crippen molar-refractivity contribution < 1.29 is 14.7 Å². The van der Waals surface area contributed by atoms with Gasteiger partial charge >= 0.3 is 5.97 Å². The average molecular weight is 258 g/mol. The number of rotatable bonds is 5. The fourth-order valence-electron chi connectivity index (χ4n) is 1.99. The van der Waals surface area contributed by atoms with Crippen LogP contribution in [0.15, 0.2) is 30.3 Å². The van der Waals surface area contributed by atoms with Crippen molar-refractivity contribution in [2.75, 3.05) is 0 Å². The summed E-state index contributed by atoms with van der Waals surface area (Å²) in [6.45, 7) is 1.91. The zero-order chi connectivity index (χ0) is 13.8. The van der Waals surface area contributed by atoms with E-state index in [1.165, 1.54) is 0 Å². The van der Waals surface area contributed by atoms with Crippen LogP contribution in [0, 0.1) is 6.92 Å². The van der Waals surface area contributed by atoms with Gasteiger partial charge in [0.25, 0.3) is 0 Å². The molecular formula is C14H14N2O3. The summed E-state index contributed by atoms with van der Waals surface area (Å²) in [4.78, 5) is 25.7. The molecule has 2 N–H and O–H groups in total. The number of hydrogen-bond acceptors (Lipinski definition) is 3. The first-order valence-corrected chi connectivity index (χ1v) is 5.89. The number of carbonyl (C=O) groups is 2. The molecule has 0 aliphatic rings. The van der Waals surface area contributed by atoms with Crippen LogP contribution in [0.1, 0.15) is 23.7 Å². The summed E-state index contributed by atoms with van der Waals surface area (Å²) in [5, 5.41) is 12.3. The van der Waals surface area contributed by atoms with Crippen molar-refractivity contribution in [2.24, 2.45) is 0 Å². The van der Waals surface area contributed by atoms with Crippen LogP contribution < -0.4 is 5.32 Å². The van der Waals surface area contributed by atoms with Crippen LogP contribution in [0.4, 0.5) is 0 Å². The topological polar surface area (TPSA) is 79.3 Å². The summed E-state index contributed by atoms with van der Waals surface area (Å²) in [6.07, 6.45) is 0.370. The highest BCUT2D eigenvalue weighted by molar-refractivity contribution is 5.80. The van der Waals surface area contributed by atoms with Crippen LogP contribution in [0.5, 0.6) is 0 Å². The van der Waals surface area contributed by atoms with Crippen molar-refractivity contribution in [1.82, 2.24) is 10.3 Å². The molecule has 0 saturated carbocycles. The number of pyridine rings is 1. The molecule has 19 heavy (non-hydrogen) atoms. The number of aliphatic carboxylic acids is 1. The van der Waals surface area contributed by atoms with Gasteiger partial charge < -0.3 is 10.4 Å². The highest BCUT2D eigenvalue weighted by Gasteiger charge is 2.15. The van der Waals surface area contributed by atoms with Crippen molar-refractivity contribution in [3.63, 3.8) is 0 Å². The van der Waals surface area contributed by atoms with Crippen molar-refractivity contribution in [3.8, 4) is 0 Å². The number of aromatic nitrogens is 1. The third-order valence-corrected chi connectivity index (χ3v) is 2.90. The molecule has 1 amide bonds. The lowest BCUT2D eigenvalue weighted by atomic mass is 10.0. The minimum absolute atomic E-state index is 0.149. The van der Waals surface area contributed by atoms with Gasteiger partial charge in [-0.05, 0) is 30.7 Å². The van der Waals surface area contributed by atoms with Gasteiger partial charge in [-0.3, -0.25) is 14.6 Å². The van der Waals surface area contributed by atoms with Crippen molar-refractivity contribution >= 4 is 23.3 Å². The third kappa shape index (κ3) is 3.07. The number of carboxylic acid groups (broad SMARTS) is 1. The zero-order valence-corrected chi connectivity index (χ0v) is 10.5. The van der Waals surface area contributed by atoms with Gasteiger partial charge in [0.05, 0.1) is 18.0 Å². The lowest BCUT2D eigenvalue weighted by Gasteiger charge is -2.14. The van der Waals surface area contributed by atoms with Gasteiger partial charge in [0.1, 0.15) is 0 Å². The Morgan fingerprint density at radius 3 is 2.89 bits per heavy atom. The van der Waals surface area contributed by atoms with E-state index in [-0.39, 0.29) is 6.42 Å². The van der Waals surface area contributed by atoms with Gasteiger partial charge in [0.2, 0.25) is 6.41 Å². The molecule has 0 fully saturated rings. The van der Waals surface area contributed by atoms with Crippen LogP contribution in [-0.2, 0) is 9.59 Å². The van der Waals surface area contributed by atoms with Gasteiger partial charge in [-0.15, -0.1) is 0 Å². The third-order valence-electron chi connectivity index (χ3n) is 2.90. The van der Waals surface area contributed by atoms with Crippen LogP contribution >= 0.6 is 0 Å². The molecule has 0 bridgehead atoms. The molecule has 2 aromatic rings. The number of carboxylic acids is 1. The van der Waals surface area contributed by atoms with Crippen molar-refractivity contribution in [1.29, 1.82) is 0 Å². The highest BCUT2D eigenvalue weighted by Crippen LogP contribution is 2.21. The molecule has 1 atom stereocenters. The number of amides is 1. The summed E-state index contributed by atoms with van der Waals surface area (Å²) in [6, 6.07) is 8.77. The fraction of sp³-hybridized carbons (Fsp3) is 0.214. The number of nitrogens with zero attached hydrogens (tertiary/aromatic N) is 1. The van der Waals surface area contributed by atoms with E-state index >= 15 is 0 Å². The summed E-state index contributed by atoms with van der Waals surface area (Å²) in [7, 11) is 0. The highest BCUT2D eigenvalue weighted by atomic mass is 16.4. The number of benzene rings is 1. The Bertz CT molecular complexity index is 625. The zero-order valence-electron chi connectivity index (χ0n) is 10.5. The standard InChI is InChI=1S/C14H14N2O3/c1-9-2-3-10-6-11(4-5-12(10)16-9)13(15-8-17)7-14(18)19/h2-6,8,13H,7H2,1H3,(H,15,17)(H,18,19)/t13-/m0/s1. The van der Waals surface area contributed by atoms with E-state index < -0.39 is 12.0 Å². The molecular weight excluding hydrogens is 244 g/mol. The van der Waals surface area contributed by atoms with E-state index in [0.29, 0.717) is 6.41 Å². The second-order valence-corrected chi connectivity index (χ2v) is 4.34. The first kappa shape index (κ1) is 13.0. The van der Waals surface area contributed by atoms with Gasteiger partial charge in [0, 0.05) is 11.1 Å². The van der Waals surface area contributed by atoms with Crippen molar-refractivity contribution in [3.05, 3.63) is 41.6 Å². The monoisotopic (exact) mass is 258 g/mol. The number of nitrogens with one attached hydrogen (secondary N) is 1. The van der Waals surface area contributed by atoms with E-state index in [0.717, 1.165) is 22.2 Å². The maximum atomic E-state index is 10.8. The van der Waals surface area contributed by atoms with E-state index in [1.807, 2.05) is 31.2 Å². The molecule has 0 saturated heterocycles. The Morgan fingerprint density at radius 2 is 2.21 bits per heavy atom. The predicted octanol–water partition coefficient (Wildman–Crippen LogP) is 1.81. The van der Waals surface area contributed by atoms with Gasteiger partial charge in [0.15, 0.2) is 0 Å². The van der Waals surface area contributed by atoms with Gasteiger partial charge in [-0.1, -0.05) is 12.1 Å². The lowest BCUT2D eigenvalue weighted by molar-refractivity contribution is -0.137. The molecule has 0 unspecified atom stereocenters. The summed E-state index contributed by atoms with van der Waals surface area (Å²) in [5.41, 5.74) is 2.53. The average Bonchev–Trinajstić information content (AvgIpc) is 2.37. The lowest BCUT2D eigenvalue weighted by Crippen LogP contribution is -2.22. The Kier molecular flexibility index (Phi) is 3.75. The molecule has 0 radical (unpaired) electrons. The molecule has 1 aromatic carbocycles. The van der Waals surface area contributed by atoms with Crippen LogP contribution in [0.25, 0.3) is 10.9 Å². The fourth-order valence-corrected chi connectivity index (χ4v) is 1.99. The summed E-state index contributed by atoms with van der Waals surface area (Å²) < 4.78 is 0. The minimum Gasteiger partial charge on any atom is -0.481 e. The van der Waals surface area contributed by atoms with E-state index in [2.05, 4.69) is 10.3 Å². The Balaban J connectivity index is 2.39.